The van der Waals surface area contributed by atoms with Crippen molar-refractivity contribution in [2.24, 2.45) is 4.99 Å². The van der Waals surface area contributed by atoms with Crippen LogP contribution in [-0.2, 0) is 30.9 Å². The minimum absolute atomic E-state index is 0.410. The van der Waals surface area contributed by atoms with Crippen molar-refractivity contribution in [3.05, 3.63) is 99.5 Å². The van der Waals surface area contributed by atoms with Crippen LogP contribution in [0, 0.1) is 27.7 Å². The summed E-state index contributed by atoms with van der Waals surface area (Å²) in [6.45, 7) is 9.92. The number of benzene rings is 1. The van der Waals surface area contributed by atoms with Gasteiger partial charge in [0.15, 0.2) is 0 Å². The van der Waals surface area contributed by atoms with Gasteiger partial charge in [-0.15, -0.1) is 0 Å². The molecule has 0 aliphatic carbocycles. The highest BCUT2D eigenvalue weighted by molar-refractivity contribution is 5.92. The minimum atomic E-state index is -0.410. The van der Waals surface area contributed by atoms with Gasteiger partial charge in [0.2, 0.25) is 5.96 Å². The fourth-order valence-corrected chi connectivity index (χ4v) is 5.51. The van der Waals surface area contributed by atoms with Crippen molar-refractivity contribution >= 4 is 17.6 Å². The molecule has 0 unspecified atom stereocenters. The summed E-state index contributed by atoms with van der Waals surface area (Å²) in [6.07, 6.45) is 5.33. The van der Waals surface area contributed by atoms with Gasteiger partial charge in [0.1, 0.15) is 17.3 Å². The Kier molecular flexibility index (Phi) is 8.66. The van der Waals surface area contributed by atoms with Crippen molar-refractivity contribution in [3.8, 4) is 11.5 Å². The predicted octanol–water partition coefficient (Wildman–Crippen LogP) is 5.81. The molecule has 0 N–H and O–H groups in total. The maximum Gasteiger partial charge on any atom is 0.337 e. The average Bonchev–Trinajstić information content (AvgIpc) is 3.52. The Bertz CT molecular complexity index is 1600. The number of hydrogen-bond acceptors (Lipinski definition) is 10. The van der Waals surface area contributed by atoms with Crippen molar-refractivity contribution < 1.29 is 23.4 Å². The summed E-state index contributed by atoms with van der Waals surface area (Å²) in [5.41, 5.74) is 7.70. The van der Waals surface area contributed by atoms with Crippen molar-refractivity contribution in [2.75, 3.05) is 21.3 Å². The number of rotatable bonds is 9. The molecule has 1 aliphatic rings. The molecule has 0 atom stereocenters. The lowest BCUT2D eigenvalue weighted by atomic mass is 10.1. The van der Waals surface area contributed by atoms with E-state index in [-0.39, 0.29) is 0 Å². The number of ether oxygens (including phenoxy) is 3. The molecule has 0 spiro atoms. The largest absolute Gasteiger partial charge is 0.496 e. The first-order chi connectivity index (χ1) is 20.7. The predicted molar refractivity (Wildman–Crippen MR) is 163 cm³/mol. The second-order valence-electron chi connectivity index (χ2n) is 10.6. The first-order valence-electron chi connectivity index (χ1n) is 14.0. The number of nitrogens with zero attached hydrogens (tertiary/aromatic N) is 5. The Morgan fingerprint density at radius 3 is 2.09 bits per heavy atom. The molecule has 1 aromatic carbocycles. The number of aromatic nitrogens is 2. The van der Waals surface area contributed by atoms with E-state index in [1.165, 1.54) is 7.11 Å². The molecule has 4 heterocycles. The molecule has 0 radical (unpaired) electrons. The van der Waals surface area contributed by atoms with Crippen molar-refractivity contribution in [2.45, 2.75) is 53.9 Å². The lowest BCUT2D eigenvalue weighted by Crippen LogP contribution is -2.44. The number of pyridine rings is 2. The molecule has 0 amide bonds. The zero-order valence-corrected chi connectivity index (χ0v) is 25.7. The zero-order chi connectivity index (χ0) is 30.7. The van der Waals surface area contributed by atoms with Crippen molar-refractivity contribution in [3.63, 3.8) is 0 Å². The van der Waals surface area contributed by atoms with Crippen LogP contribution < -0.4 is 9.47 Å². The normalized spacial score (nSPS) is 12.4. The Morgan fingerprint density at radius 2 is 1.56 bits per heavy atom. The van der Waals surface area contributed by atoms with Gasteiger partial charge in [0.25, 0.3) is 0 Å². The van der Waals surface area contributed by atoms with E-state index in [1.807, 2.05) is 58.3 Å². The first kappa shape index (κ1) is 29.6. The van der Waals surface area contributed by atoms with Crippen LogP contribution in [0.2, 0.25) is 0 Å². The smallest absolute Gasteiger partial charge is 0.337 e. The number of guanidine groups is 1. The second-order valence-corrected chi connectivity index (χ2v) is 10.6. The molecule has 5 rings (SSSR count). The third kappa shape index (κ3) is 6.04. The summed E-state index contributed by atoms with van der Waals surface area (Å²) in [6, 6.07) is 9.30. The highest BCUT2D eigenvalue weighted by Crippen LogP contribution is 2.33. The molecular weight excluding hydrogens is 546 g/mol. The number of aryl methyl sites for hydroxylation is 2. The maximum atomic E-state index is 12.4. The summed E-state index contributed by atoms with van der Waals surface area (Å²) >= 11 is 0. The third-order valence-corrected chi connectivity index (χ3v) is 7.76. The van der Waals surface area contributed by atoms with E-state index in [0.29, 0.717) is 43.4 Å². The van der Waals surface area contributed by atoms with Gasteiger partial charge >= 0.3 is 5.97 Å². The molecule has 0 saturated carbocycles. The number of carbonyl (C=O) groups excluding carboxylic acids is 1. The van der Waals surface area contributed by atoms with Crippen LogP contribution in [0.25, 0.3) is 0 Å². The number of methoxy groups -OCH3 is 3. The van der Waals surface area contributed by atoms with E-state index >= 15 is 0 Å². The van der Waals surface area contributed by atoms with E-state index in [2.05, 4.69) is 9.80 Å². The molecule has 0 saturated heterocycles. The maximum absolute atomic E-state index is 12.4. The minimum Gasteiger partial charge on any atom is -0.496 e. The van der Waals surface area contributed by atoms with Crippen LogP contribution in [0.15, 0.2) is 58.4 Å². The van der Waals surface area contributed by atoms with Crippen LogP contribution in [0.3, 0.4) is 0 Å². The third-order valence-electron chi connectivity index (χ3n) is 7.76. The molecule has 0 fully saturated rings. The zero-order valence-electron chi connectivity index (χ0n) is 25.7. The number of fused-ring (bicyclic) bond motifs is 1. The summed E-state index contributed by atoms with van der Waals surface area (Å²) in [7, 11) is 4.73. The number of furan rings is 1. The highest BCUT2D eigenvalue weighted by atomic mass is 16.5. The lowest BCUT2D eigenvalue weighted by Gasteiger charge is -2.37. The summed E-state index contributed by atoms with van der Waals surface area (Å²) < 4.78 is 22.2. The molecule has 43 heavy (non-hydrogen) atoms. The van der Waals surface area contributed by atoms with Gasteiger partial charge in [-0.25, -0.2) is 9.79 Å². The first-order valence-corrected chi connectivity index (χ1v) is 14.0. The highest BCUT2D eigenvalue weighted by Gasteiger charge is 2.29. The van der Waals surface area contributed by atoms with Gasteiger partial charge in [-0.1, -0.05) is 6.07 Å². The second kappa shape index (κ2) is 12.6. The van der Waals surface area contributed by atoms with Crippen LogP contribution in [0.4, 0.5) is 5.69 Å². The Morgan fingerprint density at radius 1 is 0.930 bits per heavy atom. The molecule has 3 aromatic heterocycles. The topological polar surface area (TPSA) is 103 Å². The number of aliphatic imine (C=N–C) groups is 1. The SMILES string of the molecule is COC(=O)c1ccc2c(c1)N=C(N(Cc1ncc(C)c(OC)c1C)Cc1ncc(C)c(OC)c1C)N(Cc1ccco1)C2. The molecule has 1 aliphatic heterocycles. The van der Waals surface area contributed by atoms with Gasteiger partial charge in [-0.3, -0.25) is 9.97 Å². The number of esters is 1. The molecule has 4 aromatic rings. The standard InChI is InChI=1S/C33H37N5O5/c1-20-14-34-28(22(3)30(20)40-5)18-38(19-29-23(4)31(41-6)21(2)15-35-29)33-36-27-13-24(32(39)42-7)10-11-25(27)16-37(33)17-26-9-8-12-43-26/h8-15H,16-19H2,1-7H3. The fraction of sp³-hybridized carbons (Fsp3) is 0.333. The average molecular weight is 584 g/mol. The molecular formula is C33H37N5O5. The summed E-state index contributed by atoms with van der Waals surface area (Å²) in [5, 5.41) is 0. The van der Waals surface area contributed by atoms with E-state index in [9.17, 15) is 4.79 Å². The van der Waals surface area contributed by atoms with Crippen LogP contribution in [-0.4, -0.2) is 53.0 Å². The van der Waals surface area contributed by atoms with Gasteiger partial charge in [0, 0.05) is 41.2 Å². The van der Waals surface area contributed by atoms with Gasteiger partial charge in [-0.2, -0.15) is 0 Å². The number of hydrogen-bond donors (Lipinski definition) is 0. The molecule has 10 heteroatoms. The van der Waals surface area contributed by atoms with E-state index < -0.39 is 5.97 Å². The fourth-order valence-electron chi connectivity index (χ4n) is 5.51. The van der Waals surface area contributed by atoms with Crippen molar-refractivity contribution in [1.29, 1.82) is 0 Å². The van der Waals surface area contributed by atoms with Gasteiger partial charge < -0.3 is 28.4 Å². The Labute approximate surface area is 251 Å². The Hall–Kier alpha value is -4.86. The van der Waals surface area contributed by atoms with Gasteiger partial charge in [0.05, 0.1) is 69.9 Å². The van der Waals surface area contributed by atoms with E-state index in [1.54, 1.807) is 32.6 Å². The van der Waals surface area contributed by atoms with Crippen LogP contribution in [0.5, 0.6) is 11.5 Å². The van der Waals surface area contributed by atoms with E-state index in [0.717, 1.165) is 56.5 Å². The summed E-state index contributed by atoms with van der Waals surface area (Å²) in [5.74, 6) is 2.71. The summed E-state index contributed by atoms with van der Waals surface area (Å²) in [4.78, 5) is 31.5. The number of carbonyl (C=O) groups is 1. The van der Waals surface area contributed by atoms with Crippen LogP contribution >= 0.6 is 0 Å². The molecule has 10 nitrogen and oxygen atoms in total. The quantitative estimate of drug-likeness (QED) is 0.226. The lowest BCUT2D eigenvalue weighted by molar-refractivity contribution is 0.0600. The van der Waals surface area contributed by atoms with Gasteiger partial charge in [-0.05, 0) is 57.5 Å². The molecule has 224 valence electrons. The molecule has 0 bridgehead atoms. The Balaban J connectivity index is 1.65. The monoisotopic (exact) mass is 583 g/mol. The van der Waals surface area contributed by atoms with Crippen molar-refractivity contribution in [1.82, 2.24) is 19.8 Å². The van der Waals surface area contributed by atoms with Crippen LogP contribution in [0.1, 0.15) is 55.3 Å². The van der Waals surface area contributed by atoms with E-state index in [4.69, 9.17) is 33.6 Å².